The van der Waals surface area contributed by atoms with E-state index in [1.54, 1.807) is 0 Å². The molecular weight excluding hydrogens is 346 g/mol. The number of aromatic nitrogens is 1. The van der Waals surface area contributed by atoms with Gasteiger partial charge < -0.3 is 15.1 Å². The largest absolute Gasteiger partial charge is 0.444 e. The van der Waals surface area contributed by atoms with Crippen molar-refractivity contribution >= 4 is 17.7 Å². The molecule has 2 N–H and O–H groups in total. The average molecular weight is 382 g/mol. The SMILES string of the molecule is CN=C(NCCCCSC)NCC1CCN(Cc2nc(C)c(C)o2)CC1. The van der Waals surface area contributed by atoms with Crippen molar-refractivity contribution in [2.24, 2.45) is 10.9 Å². The Bertz CT molecular complexity index is 533. The number of guanidine groups is 1. The van der Waals surface area contributed by atoms with Crippen molar-refractivity contribution in [2.75, 3.05) is 45.2 Å². The van der Waals surface area contributed by atoms with Gasteiger partial charge in [-0.25, -0.2) is 4.98 Å². The Hall–Kier alpha value is -1.21. The molecule has 1 saturated heterocycles. The van der Waals surface area contributed by atoms with E-state index >= 15 is 0 Å². The Morgan fingerprint density at radius 2 is 2.04 bits per heavy atom. The highest BCUT2D eigenvalue weighted by atomic mass is 32.2. The minimum Gasteiger partial charge on any atom is -0.444 e. The van der Waals surface area contributed by atoms with Gasteiger partial charge in [0.05, 0.1) is 12.2 Å². The summed E-state index contributed by atoms with van der Waals surface area (Å²) < 4.78 is 5.71. The third-order valence-electron chi connectivity index (χ3n) is 4.99. The van der Waals surface area contributed by atoms with Crippen LogP contribution >= 0.6 is 11.8 Å². The highest BCUT2D eigenvalue weighted by molar-refractivity contribution is 7.98. The van der Waals surface area contributed by atoms with Crippen molar-refractivity contribution in [3.05, 3.63) is 17.3 Å². The van der Waals surface area contributed by atoms with Crippen LogP contribution in [-0.2, 0) is 6.54 Å². The lowest BCUT2D eigenvalue weighted by atomic mass is 9.97. The maximum absolute atomic E-state index is 5.71. The molecule has 0 amide bonds. The van der Waals surface area contributed by atoms with Gasteiger partial charge in [0.15, 0.2) is 5.96 Å². The van der Waals surface area contributed by atoms with Gasteiger partial charge in [-0.1, -0.05) is 0 Å². The molecule has 6 nitrogen and oxygen atoms in total. The molecule has 1 aromatic heterocycles. The molecule has 7 heteroatoms. The molecule has 0 saturated carbocycles. The Labute approximate surface area is 162 Å². The van der Waals surface area contributed by atoms with E-state index < -0.39 is 0 Å². The first-order valence-corrected chi connectivity index (χ1v) is 11.1. The quantitative estimate of drug-likeness (QED) is 0.390. The highest BCUT2D eigenvalue weighted by Gasteiger charge is 2.21. The molecule has 2 rings (SSSR count). The van der Waals surface area contributed by atoms with Crippen molar-refractivity contribution < 1.29 is 4.42 Å². The summed E-state index contributed by atoms with van der Waals surface area (Å²) in [6, 6.07) is 0. The van der Waals surface area contributed by atoms with Gasteiger partial charge in [0.25, 0.3) is 0 Å². The molecule has 0 radical (unpaired) electrons. The summed E-state index contributed by atoms with van der Waals surface area (Å²) in [5.74, 6) is 4.66. The maximum Gasteiger partial charge on any atom is 0.208 e. The summed E-state index contributed by atoms with van der Waals surface area (Å²) in [5, 5.41) is 6.91. The summed E-state index contributed by atoms with van der Waals surface area (Å²) in [4.78, 5) is 11.3. The van der Waals surface area contributed by atoms with Gasteiger partial charge in [-0.2, -0.15) is 11.8 Å². The molecule has 2 heterocycles. The second-order valence-electron chi connectivity index (χ2n) is 7.05. The van der Waals surface area contributed by atoms with Crippen LogP contribution in [0.15, 0.2) is 9.41 Å². The number of oxazole rings is 1. The molecule has 0 unspecified atom stereocenters. The number of unbranched alkanes of at least 4 members (excludes halogenated alkanes) is 1. The number of nitrogens with zero attached hydrogens (tertiary/aromatic N) is 3. The van der Waals surface area contributed by atoms with Crippen molar-refractivity contribution in [1.29, 1.82) is 0 Å². The van der Waals surface area contributed by atoms with Crippen LogP contribution in [0.1, 0.15) is 43.0 Å². The monoisotopic (exact) mass is 381 g/mol. The van der Waals surface area contributed by atoms with E-state index in [-0.39, 0.29) is 0 Å². The number of piperidine rings is 1. The lowest BCUT2D eigenvalue weighted by Crippen LogP contribution is -2.43. The lowest BCUT2D eigenvalue weighted by Gasteiger charge is -2.31. The van der Waals surface area contributed by atoms with E-state index in [2.05, 4.69) is 31.8 Å². The number of nitrogens with one attached hydrogen (secondary N) is 2. The van der Waals surface area contributed by atoms with Crippen molar-refractivity contribution in [3.63, 3.8) is 0 Å². The van der Waals surface area contributed by atoms with Crippen LogP contribution in [0, 0.1) is 19.8 Å². The normalized spacial score (nSPS) is 16.8. The first kappa shape index (κ1) is 21.1. The molecule has 0 spiro atoms. The van der Waals surface area contributed by atoms with Gasteiger partial charge in [0.2, 0.25) is 5.89 Å². The predicted octanol–water partition coefficient (Wildman–Crippen LogP) is 2.81. The lowest BCUT2D eigenvalue weighted by molar-refractivity contribution is 0.164. The molecule has 0 aliphatic carbocycles. The van der Waals surface area contributed by atoms with E-state index in [0.29, 0.717) is 5.92 Å². The van der Waals surface area contributed by atoms with E-state index in [4.69, 9.17) is 4.42 Å². The van der Waals surface area contributed by atoms with Crippen LogP contribution in [-0.4, -0.2) is 61.1 Å². The van der Waals surface area contributed by atoms with Crippen LogP contribution < -0.4 is 10.6 Å². The zero-order chi connectivity index (χ0) is 18.8. The highest BCUT2D eigenvalue weighted by Crippen LogP contribution is 2.19. The molecule has 0 bridgehead atoms. The van der Waals surface area contributed by atoms with Crippen LogP contribution in [0.5, 0.6) is 0 Å². The zero-order valence-electron chi connectivity index (χ0n) is 16.8. The van der Waals surface area contributed by atoms with Gasteiger partial charge in [-0.3, -0.25) is 9.89 Å². The van der Waals surface area contributed by atoms with Gasteiger partial charge in [-0.15, -0.1) is 0 Å². The number of likely N-dealkylation sites (tertiary alicyclic amines) is 1. The van der Waals surface area contributed by atoms with Crippen LogP contribution in [0.3, 0.4) is 0 Å². The molecule has 1 aliphatic heterocycles. The molecule has 26 heavy (non-hydrogen) atoms. The molecule has 0 atom stereocenters. The zero-order valence-corrected chi connectivity index (χ0v) is 17.6. The second kappa shape index (κ2) is 11.5. The number of rotatable bonds is 9. The van der Waals surface area contributed by atoms with Gasteiger partial charge in [0.1, 0.15) is 5.76 Å². The standard InChI is InChI=1S/C19H35N5OS/c1-15-16(2)25-18(23-15)14-24-10-7-17(8-11-24)13-22-19(20-3)21-9-5-6-12-26-4/h17H,5-14H2,1-4H3,(H2,20,21,22). The van der Waals surface area contributed by atoms with E-state index in [1.165, 1.54) is 31.4 Å². The molecular formula is C19H35N5OS. The molecule has 1 aliphatic rings. The van der Waals surface area contributed by atoms with Crippen LogP contribution in [0.25, 0.3) is 0 Å². The summed E-state index contributed by atoms with van der Waals surface area (Å²) in [7, 11) is 1.85. The smallest absolute Gasteiger partial charge is 0.208 e. The Balaban J connectivity index is 1.61. The molecule has 0 aromatic carbocycles. The Morgan fingerprint density at radius 1 is 1.27 bits per heavy atom. The van der Waals surface area contributed by atoms with E-state index in [9.17, 15) is 0 Å². The average Bonchev–Trinajstić information content (AvgIpc) is 2.96. The second-order valence-corrected chi connectivity index (χ2v) is 8.03. The van der Waals surface area contributed by atoms with Crippen molar-refractivity contribution in [1.82, 2.24) is 20.5 Å². The Kier molecular flexibility index (Phi) is 9.32. The minimum atomic E-state index is 0.703. The van der Waals surface area contributed by atoms with Crippen molar-refractivity contribution in [2.45, 2.75) is 46.1 Å². The fraction of sp³-hybridized carbons (Fsp3) is 0.789. The fourth-order valence-electron chi connectivity index (χ4n) is 3.19. The summed E-state index contributed by atoms with van der Waals surface area (Å²) in [6.07, 6.45) is 7.02. The summed E-state index contributed by atoms with van der Waals surface area (Å²) in [5.41, 5.74) is 1.01. The number of aryl methyl sites for hydroxylation is 2. The third kappa shape index (κ3) is 7.19. The van der Waals surface area contributed by atoms with E-state index in [1.807, 2.05) is 32.7 Å². The van der Waals surface area contributed by atoms with Gasteiger partial charge >= 0.3 is 0 Å². The number of thioether (sulfide) groups is 1. The predicted molar refractivity (Wildman–Crippen MR) is 111 cm³/mol. The minimum absolute atomic E-state index is 0.703. The topological polar surface area (TPSA) is 65.7 Å². The first-order valence-electron chi connectivity index (χ1n) is 9.71. The number of hydrogen-bond acceptors (Lipinski definition) is 5. The van der Waals surface area contributed by atoms with Crippen LogP contribution in [0.2, 0.25) is 0 Å². The van der Waals surface area contributed by atoms with E-state index in [0.717, 1.165) is 56.0 Å². The fourth-order valence-corrected chi connectivity index (χ4v) is 3.68. The summed E-state index contributed by atoms with van der Waals surface area (Å²) >= 11 is 1.91. The number of aliphatic imine (C=N–C) groups is 1. The van der Waals surface area contributed by atoms with Crippen LogP contribution in [0.4, 0.5) is 0 Å². The first-order chi connectivity index (χ1) is 12.6. The third-order valence-corrected chi connectivity index (χ3v) is 5.69. The number of hydrogen-bond donors (Lipinski definition) is 2. The molecule has 1 aromatic rings. The summed E-state index contributed by atoms with van der Waals surface area (Å²) in [6.45, 7) is 9.01. The molecule has 148 valence electrons. The molecule has 1 fully saturated rings. The Morgan fingerprint density at radius 3 is 2.65 bits per heavy atom. The van der Waals surface area contributed by atoms with Gasteiger partial charge in [-0.05, 0) is 70.5 Å². The maximum atomic E-state index is 5.71. The van der Waals surface area contributed by atoms with Crippen molar-refractivity contribution in [3.8, 4) is 0 Å². The van der Waals surface area contributed by atoms with Gasteiger partial charge in [0, 0.05) is 20.1 Å².